The maximum Gasteiger partial charge on any atom is 0.223 e. The summed E-state index contributed by atoms with van der Waals surface area (Å²) in [5.41, 5.74) is 0. The predicted octanol–water partition coefficient (Wildman–Crippen LogP) is 1.20. The minimum atomic E-state index is 0.163. The van der Waals surface area contributed by atoms with Gasteiger partial charge in [-0.1, -0.05) is 6.92 Å². The normalized spacial score (nSPS) is 13.9. The molecule has 0 aromatic carbocycles. The topological polar surface area (TPSA) is 76.1 Å². The molecule has 2 N–H and O–H groups in total. The van der Waals surface area contributed by atoms with Crippen molar-refractivity contribution in [1.82, 2.24) is 15.3 Å². The van der Waals surface area contributed by atoms with Crippen LogP contribution in [0.2, 0.25) is 0 Å². The Morgan fingerprint density at radius 2 is 2.26 bits per heavy atom. The Morgan fingerprint density at radius 3 is 3.00 bits per heavy atom. The summed E-state index contributed by atoms with van der Waals surface area (Å²) in [6.45, 7) is 3.93. The molecule has 0 atom stereocenters. The monoisotopic (exact) mass is 264 g/mol. The van der Waals surface area contributed by atoms with E-state index in [0.717, 1.165) is 19.3 Å². The van der Waals surface area contributed by atoms with Gasteiger partial charge in [0.05, 0.1) is 6.61 Å². The highest BCUT2D eigenvalue weighted by atomic mass is 16.5. The van der Waals surface area contributed by atoms with Gasteiger partial charge in [-0.15, -0.1) is 0 Å². The number of hydrogen-bond acceptors (Lipinski definition) is 5. The van der Waals surface area contributed by atoms with Gasteiger partial charge in [-0.25, -0.2) is 9.97 Å². The first-order valence-corrected chi connectivity index (χ1v) is 6.76. The third kappa shape index (κ3) is 4.73. The summed E-state index contributed by atoms with van der Waals surface area (Å²) < 4.78 is 5.42. The molecule has 0 spiro atoms. The van der Waals surface area contributed by atoms with Crippen molar-refractivity contribution in [2.45, 2.75) is 26.2 Å². The molecule has 1 heterocycles. The lowest BCUT2D eigenvalue weighted by molar-refractivity contribution is -0.122. The standard InChI is InChI=1S/C13H20N4O2/c1-2-7-19-12-8-11(16-9-17-12)14-5-6-15-13(18)10-3-4-10/h8-10H,2-7H2,1H3,(H,15,18)(H,14,16,17). The molecule has 1 saturated carbocycles. The quantitative estimate of drug-likeness (QED) is 0.690. The summed E-state index contributed by atoms with van der Waals surface area (Å²) in [7, 11) is 0. The Hall–Kier alpha value is -1.85. The van der Waals surface area contributed by atoms with Gasteiger partial charge in [-0.3, -0.25) is 4.79 Å². The minimum Gasteiger partial charge on any atom is -0.478 e. The molecular formula is C13H20N4O2. The lowest BCUT2D eigenvalue weighted by Gasteiger charge is -2.08. The second-order valence-electron chi connectivity index (χ2n) is 4.58. The molecule has 104 valence electrons. The van der Waals surface area contributed by atoms with E-state index < -0.39 is 0 Å². The van der Waals surface area contributed by atoms with Gasteiger partial charge in [-0.05, 0) is 19.3 Å². The van der Waals surface area contributed by atoms with E-state index >= 15 is 0 Å². The van der Waals surface area contributed by atoms with Crippen LogP contribution in [0.1, 0.15) is 26.2 Å². The fourth-order valence-electron chi connectivity index (χ4n) is 1.59. The Bertz CT molecular complexity index is 421. The average molecular weight is 264 g/mol. The van der Waals surface area contributed by atoms with Crippen molar-refractivity contribution in [3.63, 3.8) is 0 Å². The van der Waals surface area contributed by atoms with E-state index in [2.05, 4.69) is 20.6 Å². The molecule has 1 fully saturated rings. The molecule has 1 aromatic heterocycles. The predicted molar refractivity (Wildman–Crippen MR) is 72.0 cm³/mol. The number of nitrogens with zero attached hydrogens (tertiary/aromatic N) is 2. The third-order valence-corrected chi connectivity index (χ3v) is 2.77. The van der Waals surface area contributed by atoms with Crippen molar-refractivity contribution in [2.75, 3.05) is 25.0 Å². The molecule has 19 heavy (non-hydrogen) atoms. The number of hydrogen-bond donors (Lipinski definition) is 2. The molecular weight excluding hydrogens is 244 g/mol. The van der Waals surface area contributed by atoms with Crippen LogP contribution in [0.5, 0.6) is 5.88 Å². The van der Waals surface area contributed by atoms with E-state index in [-0.39, 0.29) is 11.8 Å². The molecule has 1 aromatic rings. The summed E-state index contributed by atoms with van der Waals surface area (Å²) in [4.78, 5) is 19.5. The van der Waals surface area contributed by atoms with Gasteiger partial charge in [0.1, 0.15) is 12.1 Å². The zero-order valence-corrected chi connectivity index (χ0v) is 11.2. The van der Waals surface area contributed by atoms with E-state index in [0.29, 0.717) is 31.4 Å². The lowest BCUT2D eigenvalue weighted by atomic mass is 10.4. The highest BCUT2D eigenvalue weighted by Gasteiger charge is 2.28. The number of ether oxygens (including phenoxy) is 1. The maximum atomic E-state index is 11.4. The summed E-state index contributed by atoms with van der Waals surface area (Å²) in [5, 5.41) is 6.02. The molecule has 1 aliphatic carbocycles. The van der Waals surface area contributed by atoms with Crippen LogP contribution in [-0.4, -0.2) is 35.6 Å². The Balaban J connectivity index is 1.68. The van der Waals surface area contributed by atoms with E-state index in [1.807, 2.05) is 6.92 Å². The summed E-state index contributed by atoms with van der Waals surface area (Å²) in [6.07, 6.45) is 4.47. The smallest absolute Gasteiger partial charge is 0.223 e. The van der Waals surface area contributed by atoms with Crippen molar-refractivity contribution in [3.05, 3.63) is 12.4 Å². The zero-order chi connectivity index (χ0) is 13.5. The van der Waals surface area contributed by atoms with Crippen molar-refractivity contribution in [1.29, 1.82) is 0 Å². The van der Waals surface area contributed by atoms with E-state index in [4.69, 9.17) is 4.74 Å². The Morgan fingerprint density at radius 1 is 1.42 bits per heavy atom. The van der Waals surface area contributed by atoms with Crippen molar-refractivity contribution < 1.29 is 9.53 Å². The van der Waals surface area contributed by atoms with Crippen LogP contribution in [-0.2, 0) is 4.79 Å². The first-order chi connectivity index (χ1) is 9.29. The Labute approximate surface area is 113 Å². The molecule has 0 aliphatic heterocycles. The lowest BCUT2D eigenvalue weighted by Crippen LogP contribution is -2.29. The first-order valence-electron chi connectivity index (χ1n) is 6.76. The van der Waals surface area contributed by atoms with Crippen molar-refractivity contribution >= 4 is 11.7 Å². The van der Waals surface area contributed by atoms with Gasteiger partial charge in [0.2, 0.25) is 11.8 Å². The van der Waals surface area contributed by atoms with Gasteiger partial charge in [0, 0.05) is 25.1 Å². The second kappa shape index (κ2) is 6.92. The van der Waals surface area contributed by atoms with Crippen LogP contribution >= 0.6 is 0 Å². The van der Waals surface area contributed by atoms with Gasteiger partial charge in [0.25, 0.3) is 0 Å². The van der Waals surface area contributed by atoms with E-state index in [1.54, 1.807) is 6.07 Å². The number of rotatable bonds is 8. The zero-order valence-electron chi connectivity index (χ0n) is 11.2. The SMILES string of the molecule is CCCOc1cc(NCCNC(=O)C2CC2)ncn1. The third-order valence-electron chi connectivity index (χ3n) is 2.77. The number of carbonyl (C=O) groups is 1. The maximum absolute atomic E-state index is 11.4. The summed E-state index contributed by atoms with van der Waals surface area (Å²) >= 11 is 0. The fourth-order valence-corrected chi connectivity index (χ4v) is 1.59. The van der Waals surface area contributed by atoms with Gasteiger partial charge in [0.15, 0.2) is 0 Å². The van der Waals surface area contributed by atoms with Crippen LogP contribution in [0.4, 0.5) is 5.82 Å². The number of aromatic nitrogens is 2. The number of amides is 1. The van der Waals surface area contributed by atoms with Crippen LogP contribution in [0.3, 0.4) is 0 Å². The Kier molecular flexibility index (Phi) is 4.94. The molecule has 0 saturated heterocycles. The van der Waals surface area contributed by atoms with Gasteiger partial charge in [-0.2, -0.15) is 0 Å². The van der Waals surface area contributed by atoms with E-state index in [1.165, 1.54) is 6.33 Å². The molecule has 6 nitrogen and oxygen atoms in total. The molecule has 0 bridgehead atoms. The molecule has 1 amide bonds. The summed E-state index contributed by atoms with van der Waals surface area (Å²) in [5.74, 6) is 1.70. The molecule has 0 unspecified atom stereocenters. The van der Waals surface area contributed by atoms with Crippen LogP contribution < -0.4 is 15.4 Å². The molecule has 6 heteroatoms. The number of carbonyl (C=O) groups excluding carboxylic acids is 1. The molecule has 2 rings (SSSR count). The molecule has 1 aliphatic rings. The van der Waals surface area contributed by atoms with Crippen LogP contribution in [0.15, 0.2) is 12.4 Å². The van der Waals surface area contributed by atoms with E-state index in [9.17, 15) is 4.79 Å². The van der Waals surface area contributed by atoms with Crippen molar-refractivity contribution in [3.8, 4) is 5.88 Å². The largest absolute Gasteiger partial charge is 0.478 e. The van der Waals surface area contributed by atoms with Crippen molar-refractivity contribution in [2.24, 2.45) is 5.92 Å². The number of anilines is 1. The highest BCUT2D eigenvalue weighted by molar-refractivity contribution is 5.80. The molecule has 0 radical (unpaired) electrons. The highest BCUT2D eigenvalue weighted by Crippen LogP contribution is 2.28. The van der Waals surface area contributed by atoms with Gasteiger partial charge < -0.3 is 15.4 Å². The summed E-state index contributed by atoms with van der Waals surface area (Å²) in [6, 6.07) is 1.76. The average Bonchev–Trinajstić information content (AvgIpc) is 3.26. The van der Waals surface area contributed by atoms with Gasteiger partial charge >= 0.3 is 0 Å². The van der Waals surface area contributed by atoms with Crippen LogP contribution in [0.25, 0.3) is 0 Å². The van der Waals surface area contributed by atoms with Crippen LogP contribution in [0, 0.1) is 5.92 Å². The minimum absolute atomic E-state index is 0.163. The second-order valence-corrected chi connectivity index (χ2v) is 4.58. The fraction of sp³-hybridized carbons (Fsp3) is 0.615. The number of nitrogens with one attached hydrogen (secondary N) is 2. The first kappa shape index (κ1) is 13.6.